The normalized spacial score (nSPS) is 12.5. The molecule has 34 heavy (non-hydrogen) atoms. The Morgan fingerprint density at radius 3 is 0.912 bits per heavy atom. The van der Waals surface area contributed by atoms with Crippen molar-refractivity contribution in [2.45, 2.75) is 129 Å². The molecule has 0 aliphatic rings. The quantitative estimate of drug-likeness (QED) is 0.0603. The smallest absolute Gasteiger partial charge is 0.0882 e. The Morgan fingerprint density at radius 1 is 0.353 bits per heavy atom. The van der Waals surface area contributed by atoms with E-state index in [1.54, 1.807) is 0 Å². The maximum Gasteiger partial charge on any atom is 0.0882 e. The lowest BCUT2D eigenvalue weighted by Crippen LogP contribution is -2.42. The average molecular weight is 519 g/mol. The van der Waals surface area contributed by atoms with Crippen LogP contribution in [0.3, 0.4) is 0 Å². The summed E-state index contributed by atoms with van der Waals surface area (Å²) in [4.78, 5) is 0. The molecule has 0 spiro atoms. The molecule has 0 N–H and O–H groups in total. The van der Waals surface area contributed by atoms with Crippen molar-refractivity contribution in [2.75, 3.05) is 65.9 Å². The number of hydrogen-bond donors (Lipinski definition) is 0. The summed E-state index contributed by atoms with van der Waals surface area (Å²) in [5, 5.41) is 0. The van der Waals surface area contributed by atoms with Gasteiger partial charge in [-0.25, -0.2) is 0 Å². The molecule has 0 aromatic rings. The minimum absolute atomic E-state index is 1.20. The zero-order valence-corrected chi connectivity index (χ0v) is 26.3. The molecule has 0 aliphatic heterocycles. The molecule has 0 aromatic heterocycles. The van der Waals surface area contributed by atoms with Gasteiger partial charge in [-0.05, 0) is 25.7 Å². The van der Waals surface area contributed by atoms with Crippen molar-refractivity contribution in [3.63, 3.8) is 0 Å². The van der Waals surface area contributed by atoms with E-state index in [9.17, 15) is 0 Å². The van der Waals surface area contributed by atoms with Crippen LogP contribution >= 0.6 is 21.6 Å². The Labute approximate surface area is 225 Å². The Hall–Kier alpha value is 0.620. The Bertz CT molecular complexity index is 375. The van der Waals surface area contributed by atoms with E-state index in [1.165, 1.54) is 162 Å². The zero-order valence-electron chi connectivity index (χ0n) is 24.7. The molecule has 0 rings (SSSR count). The molecule has 206 valence electrons. The molecule has 0 unspecified atom stereocenters. The van der Waals surface area contributed by atoms with E-state index in [-0.39, 0.29) is 0 Å². The third-order valence-electron chi connectivity index (χ3n) is 7.38. The van der Waals surface area contributed by atoms with Gasteiger partial charge in [0.25, 0.3) is 0 Å². The lowest BCUT2D eigenvalue weighted by atomic mass is 10.1. The summed E-state index contributed by atoms with van der Waals surface area (Å²) in [7, 11) is 13.9. The second-order valence-corrected chi connectivity index (χ2v) is 14.8. The summed E-state index contributed by atoms with van der Waals surface area (Å²) in [5.74, 6) is 2.58. The topological polar surface area (TPSA) is 0 Å². The van der Waals surface area contributed by atoms with Gasteiger partial charge >= 0.3 is 0 Å². The SMILES string of the molecule is CCCCCCCCCCC[N+](C)(C)CCSSCC[N+](C)(C)CCCCCCCCCCC. The van der Waals surface area contributed by atoms with E-state index >= 15 is 0 Å². The van der Waals surface area contributed by atoms with Crippen molar-refractivity contribution < 1.29 is 8.97 Å². The third-order valence-corrected chi connectivity index (χ3v) is 9.74. The largest absolute Gasteiger partial charge is 0.328 e. The third kappa shape index (κ3) is 25.7. The first-order valence-electron chi connectivity index (χ1n) is 15.2. The summed E-state index contributed by atoms with van der Waals surface area (Å²) < 4.78 is 2.40. The first-order valence-corrected chi connectivity index (χ1v) is 17.7. The Morgan fingerprint density at radius 2 is 0.618 bits per heavy atom. The van der Waals surface area contributed by atoms with E-state index in [0.717, 1.165) is 0 Å². The summed E-state index contributed by atoms with van der Waals surface area (Å²) in [6.07, 6.45) is 25.8. The van der Waals surface area contributed by atoms with Gasteiger partial charge in [-0.2, -0.15) is 0 Å². The van der Waals surface area contributed by atoms with Crippen LogP contribution in [0.15, 0.2) is 0 Å². The molecule has 0 heterocycles. The first kappa shape index (κ1) is 34.6. The fourth-order valence-corrected chi connectivity index (χ4v) is 7.14. The zero-order chi connectivity index (χ0) is 25.4. The van der Waals surface area contributed by atoms with Crippen LogP contribution in [0.1, 0.15) is 129 Å². The summed E-state index contributed by atoms with van der Waals surface area (Å²) >= 11 is 0. The number of quaternary nitrogens is 2. The highest BCUT2D eigenvalue weighted by Crippen LogP contribution is 2.23. The van der Waals surface area contributed by atoms with Gasteiger partial charge in [0, 0.05) is 0 Å². The summed E-state index contributed by atoms with van der Waals surface area (Å²) in [5.41, 5.74) is 0. The van der Waals surface area contributed by atoms with Gasteiger partial charge in [-0.15, -0.1) is 0 Å². The second-order valence-electron chi connectivity index (χ2n) is 12.1. The molecule has 4 heteroatoms. The summed E-state index contributed by atoms with van der Waals surface area (Å²) in [6, 6.07) is 0. The highest BCUT2D eigenvalue weighted by Gasteiger charge is 2.16. The van der Waals surface area contributed by atoms with E-state index < -0.39 is 0 Å². The van der Waals surface area contributed by atoms with Gasteiger partial charge in [-0.1, -0.05) is 125 Å². The van der Waals surface area contributed by atoms with Gasteiger partial charge in [-0.3, -0.25) is 0 Å². The van der Waals surface area contributed by atoms with Crippen molar-refractivity contribution in [3.05, 3.63) is 0 Å². The minimum atomic E-state index is 1.20. The second kappa shape index (κ2) is 24.0. The van der Waals surface area contributed by atoms with E-state index in [4.69, 9.17) is 0 Å². The molecule has 0 bridgehead atoms. The number of nitrogens with zero attached hydrogens (tertiary/aromatic N) is 2. The average Bonchev–Trinajstić information content (AvgIpc) is 2.79. The van der Waals surface area contributed by atoms with Crippen LogP contribution in [0, 0.1) is 0 Å². The molecule has 2 nitrogen and oxygen atoms in total. The van der Waals surface area contributed by atoms with Crippen molar-refractivity contribution in [2.24, 2.45) is 0 Å². The van der Waals surface area contributed by atoms with Crippen LogP contribution in [0.4, 0.5) is 0 Å². The highest BCUT2D eigenvalue weighted by atomic mass is 33.1. The molecule has 0 radical (unpaired) electrons. The van der Waals surface area contributed by atoms with Crippen molar-refractivity contribution >= 4 is 21.6 Å². The monoisotopic (exact) mass is 518 g/mol. The molecule has 0 saturated carbocycles. The molecule has 0 atom stereocenters. The lowest BCUT2D eigenvalue weighted by Gasteiger charge is -2.30. The van der Waals surface area contributed by atoms with Gasteiger partial charge in [0.15, 0.2) is 0 Å². The maximum atomic E-state index is 2.43. The molecular formula is C30H66N2S2+2. The van der Waals surface area contributed by atoms with Crippen LogP contribution in [0.2, 0.25) is 0 Å². The van der Waals surface area contributed by atoms with Crippen molar-refractivity contribution in [1.82, 2.24) is 0 Å². The number of unbranched alkanes of at least 4 members (excludes halogenated alkanes) is 16. The van der Waals surface area contributed by atoms with Crippen LogP contribution in [0.5, 0.6) is 0 Å². The van der Waals surface area contributed by atoms with Crippen LogP contribution in [-0.4, -0.2) is 74.8 Å². The molecule has 0 aliphatic carbocycles. The predicted molar refractivity (Wildman–Crippen MR) is 163 cm³/mol. The lowest BCUT2D eigenvalue weighted by molar-refractivity contribution is -0.888. The number of hydrogen-bond acceptors (Lipinski definition) is 2. The first-order chi connectivity index (χ1) is 16.3. The van der Waals surface area contributed by atoms with Gasteiger partial charge < -0.3 is 8.97 Å². The molecule has 0 aromatic carbocycles. The van der Waals surface area contributed by atoms with E-state index in [1.807, 2.05) is 0 Å². The Kier molecular flexibility index (Phi) is 24.4. The standard InChI is InChI=1S/C30H66N2S2/c1-7-9-11-13-15-17-19-21-23-25-31(3,4)27-29-33-34-30-28-32(5,6)26-24-22-20-18-16-14-12-10-8-2/h7-30H2,1-6H3/q+2. The summed E-state index contributed by atoms with van der Waals surface area (Å²) in [6.45, 7) is 9.93. The fourth-order valence-electron chi connectivity index (χ4n) is 4.61. The van der Waals surface area contributed by atoms with Gasteiger partial charge in [0.05, 0.1) is 65.9 Å². The number of rotatable bonds is 27. The van der Waals surface area contributed by atoms with Crippen molar-refractivity contribution in [1.29, 1.82) is 0 Å². The van der Waals surface area contributed by atoms with Crippen LogP contribution < -0.4 is 0 Å². The Balaban J connectivity index is 3.54. The van der Waals surface area contributed by atoms with E-state index in [2.05, 4.69) is 63.6 Å². The van der Waals surface area contributed by atoms with Crippen LogP contribution in [0.25, 0.3) is 0 Å². The molecule has 0 fully saturated rings. The molecular weight excluding hydrogens is 452 g/mol. The molecule has 0 amide bonds. The predicted octanol–water partition coefficient (Wildman–Crippen LogP) is 9.58. The van der Waals surface area contributed by atoms with Gasteiger partial charge in [0.2, 0.25) is 0 Å². The maximum absolute atomic E-state index is 2.43. The molecule has 0 saturated heterocycles. The minimum Gasteiger partial charge on any atom is -0.328 e. The van der Waals surface area contributed by atoms with Gasteiger partial charge in [0.1, 0.15) is 0 Å². The van der Waals surface area contributed by atoms with E-state index in [0.29, 0.717) is 0 Å². The highest BCUT2D eigenvalue weighted by molar-refractivity contribution is 8.76. The van der Waals surface area contributed by atoms with Crippen LogP contribution in [-0.2, 0) is 0 Å². The van der Waals surface area contributed by atoms with Crippen molar-refractivity contribution in [3.8, 4) is 0 Å². The fraction of sp³-hybridized carbons (Fsp3) is 1.00.